The molecule has 0 bridgehead atoms. The molecule has 0 aliphatic rings. The van der Waals surface area contributed by atoms with Crippen LogP contribution in [0.3, 0.4) is 0 Å². The van der Waals surface area contributed by atoms with Gasteiger partial charge in [0, 0.05) is 18.5 Å². The number of benzene rings is 1. The van der Waals surface area contributed by atoms with E-state index in [1.165, 1.54) is 12.1 Å². The SMILES string of the molecule is C=C(C(C)C)[C@H](CNC(C)C)c1ccc(OC(F)(F)F)cc1. The minimum absolute atomic E-state index is 0.0577. The van der Waals surface area contributed by atoms with E-state index in [1.807, 2.05) is 0 Å². The highest BCUT2D eigenvalue weighted by Crippen LogP contribution is 2.30. The Bertz CT molecular complexity index is 478. The molecule has 1 atom stereocenters. The van der Waals surface area contributed by atoms with E-state index in [0.29, 0.717) is 18.5 Å². The summed E-state index contributed by atoms with van der Waals surface area (Å²) in [5.74, 6) is 0.148. The van der Waals surface area contributed by atoms with Crippen molar-refractivity contribution in [1.82, 2.24) is 5.32 Å². The van der Waals surface area contributed by atoms with E-state index >= 15 is 0 Å². The second-order valence-electron chi connectivity index (χ2n) is 5.96. The Morgan fingerprint density at radius 2 is 1.68 bits per heavy atom. The first kappa shape index (κ1) is 18.6. The zero-order valence-corrected chi connectivity index (χ0v) is 13.5. The molecule has 1 rings (SSSR count). The van der Waals surface area contributed by atoms with E-state index in [-0.39, 0.29) is 11.7 Å². The highest BCUT2D eigenvalue weighted by atomic mass is 19.4. The average molecular weight is 315 g/mol. The summed E-state index contributed by atoms with van der Waals surface area (Å²) in [6.45, 7) is 13.1. The van der Waals surface area contributed by atoms with E-state index in [9.17, 15) is 13.2 Å². The maximum atomic E-state index is 12.2. The first-order valence-corrected chi connectivity index (χ1v) is 7.38. The van der Waals surface area contributed by atoms with Gasteiger partial charge in [0.15, 0.2) is 0 Å². The normalized spacial score (nSPS) is 13.5. The van der Waals surface area contributed by atoms with Gasteiger partial charge in [-0.1, -0.05) is 52.0 Å². The molecule has 0 unspecified atom stereocenters. The molecular formula is C17H24F3NO. The predicted molar refractivity (Wildman–Crippen MR) is 83.0 cm³/mol. The van der Waals surface area contributed by atoms with Crippen LogP contribution >= 0.6 is 0 Å². The van der Waals surface area contributed by atoms with Crippen molar-refractivity contribution in [3.8, 4) is 5.75 Å². The third-order valence-corrected chi connectivity index (χ3v) is 3.44. The highest BCUT2D eigenvalue weighted by Gasteiger charge is 2.31. The van der Waals surface area contributed by atoms with Crippen molar-refractivity contribution in [2.75, 3.05) is 6.54 Å². The summed E-state index contributed by atoms with van der Waals surface area (Å²) in [4.78, 5) is 0. The van der Waals surface area contributed by atoms with E-state index < -0.39 is 6.36 Å². The fraction of sp³-hybridized carbons (Fsp3) is 0.529. The van der Waals surface area contributed by atoms with E-state index in [2.05, 4.69) is 44.3 Å². The Morgan fingerprint density at radius 3 is 2.09 bits per heavy atom. The van der Waals surface area contributed by atoms with Gasteiger partial charge >= 0.3 is 6.36 Å². The number of nitrogens with one attached hydrogen (secondary N) is 1. The molecular weight excluding hydrogens is 291 g/mol. The Balaban J connectivity index is 2.92. The molecule has 124 valence electrons. The fourth-order valence-electron chi connectivity index (χ4n) is 2.12. The lowest BCUT2D eigenvalue weighted by Gasteiger charge is -2.24. The lowest BCUT2D eigenvalue weighted by atomic mass is 9.85. The second kappa shape index (κ2) is 7.68. The van der Waals surface area contributed by atoms with Crippen LogP contribution in [0.15, 0.2) is 36.4 Å². The van der Waals surface area contributed by atoms with Gasteiger partial charge < -0.3 is 10.1 Å². The summed E-state index contributed by atoms with van der Waals surface area (Å²) in [6, 6.07) is 6.36. The van der Waals surface area contributed by atoms with E-state index in [0.717, 1.165) is 11.1 Å². The molecule has 0 fully saturated rings. The molecule has 0 aliphatic carbocycles. The topological polar surface area (TPSA) is 21.3 Å². The third-order valence-electron chi connectivity index (χ3n) is 3.44. The zero-order valence-electron chi connectivity index (χ0n) is 13.5. The van der Waals surface area contributed by atoms with Crippen LogP contribution in [-0.4, -0.2) is 18.9 Å². The molecule has 1 N–H and O–H groups in total. The number of hydrogen-bond acceptors (Lipinski definition) is 2. The Labute approximate surface area is 130 Å². The van der Waals surface area contributed by atoms with Crippen molar-refractivity contribution in [2.24, 2.45) is 5.92 Å². The Hall–Kier alpha value is -1.49. The van der Waals surface area contributed by atoms with Crippen LogP contribution in [0, 0.1) is 5.92 Å². The summed E-state index contributed by atoms with van der Waals surface area (Å²) >= 11 is 0. The molecule has 0 radical (unpaired) electrons. The Morgan fingerprint density at radius 1 is 1.14 bits per heavy atom. The number of alkyl halides is 3. The van der Waals surface area contributed by atoms with Gasteiger partial charge in [-0.3, -0.25) is 0 Å². The molecule has 0 saturated heterocycles. The van der Waals surface area contributed by atoms with Crippen LogP contribution < -0.4 is 10.1 Å². The van der Waals surface area contributed by atoms with E-state index in [1.54, 1.807) is 12.1 Å². The van der Waals surface area contributed by atoms with Crippen molar-refractivity contribution in [2.45, 2.75) is 46.0 Å². The van der Waals surface area contributed by atoms with Gasteiger partial charge in [0.25, 0.3) is 0 Å². The van der Waals surface area contributed by atoms with Crippen LogP contribution in [0.1, 0.15) is 39.2 Å². The largest absolute Gasteiger partial charge is 0.573 e. The maximum Gasteiger partial charge on any atom is 0.573 e. The molecule has 0 amide bonds. The van der Waals surface area contributed by atoms with Crippen LogP contribution in [-0.2, 0) is 0 Å². The molecule has 1 aromatic carbocycles. The first-order chi connectivity index (χ1) is 10.1. The summed E-state index contributed by atoms with van der Waals surface area (Å²) in [5, 5.41) is 3.36. The summed E-state index contributed by atoms with van der Waals surface area (Å²) in [5.41, 5.74) is 1.99. The third kappa shape index (κ3) is 6.10. The first-order valence-electron chi connectivity index (χ1n) is 7.38. The van der Waals surface area contributed by atoms with Gasteiger partial charge in [0.1, 0.15) is 5.75 Å². The van der Waals surface area contributed by atoms with Crippen molar-refractivity contribution in [1.29, 1.82) is 0 Å². The zero-order chi connectivity index (χ0) is 16.9. The Kier molecular flexibility index (Phi) is 6.48. The standard InChI is InChI=1S/C17H24F3NO/c1-11(2)13(5)16(10-21-12(3)4)14-6-8-15(9-7-14)22-17(18,19)20/h6-9,11-12,16,21H,5,10H2,1-4H3/t16-/m0/s1. The van der Waals surface area contributed by atoms with Crippen molar-refractivity contribution in [3.63, 3.8) is 0 Å². The number of hydrogen-bond donors (Lipinski definition) is 1. The molecule has 2 nitrogen and oxygen atoms in total. The van der Waals surface area contributed by atoms with Gasteiger partial charge in [-0.25, -0.2) is 0 Å². The lowest BCUT2D eigenvalue weighted by Crippen LogP contribution is -2.29. The lowest BCUT2D eigenvalue weighted by molar-refractivity contribution is -0.274. The minimum Gasteiger partial charge on any atom is -0.406 e. The summed E-state index contributed by atoms with van der Waals surface area (Å²) < 4.78 is 40.5. The summed E-state index contributed by atoms with van der Waals surface area (Å²) in [7, 11) is 0. The fourth-order valence-corrected chi connectivity index (χ4v) is 2.12. The van der Waals surface area contributed by atoms with Gasteiger partial charge in [-0.15, -0.1) is 13.2 Å². The quantitative estimate of drug-likeness (QED) is 0.724. The molecule has 0 saturated carbocycles. The highest BCUT2D eigenvalue weighted by molar-refractivity contribution is 5.34. The molecule has 0 aromatic heterocycles. The van der Waals surface area contributed by atoms with Crippen molar-refractivity contribution in [3.05, 3.63) is 42.0 Å². The smallest absolute Gasteiger partial charge is 0.406 e. The van der Waals surface area contributed by atoms with Gasteiger partial charge in [-0.2, -0.15) is 0 Å². The second-order valence-corrected chi connectivity index (χ2v) is 5.96. The van der Waals surface area contributed by atoms with Crippen LogP contribution in [0.25, 0.3) is 0 Å². The number of rotatable bonds is 7. The van der Waals surface area contributed by atoms with Gasteiger partial charge in [0.05, 0.1) is 0 Å². The van der Waals surface area contributed by atoms with Crippen LogP contribution in [0.5, 0.6) is 5.75 Å². The van der Waals surface area contributed by atoms with Gasteiger partial charge in [-0.05, 0) is 23.6 Å². The van der Waals surface area contributed by atoms with Crippen molar-refractivity contribution >= 4 is 0 Å². The maximum absolute atomic E-state index is 12.2. The molecule has 0 aliphatic heterocycles. The molecule has 5 heteroatoms. The van der Waals surface area contributed by atoms with Crippen LogP contribution in [0.4, 0.5) is 13.2 Å². The summed E-state index contributed by atoms with van der Waals surface area (Å²) in [6.07, 6.45) is -4.67. The average Bonchev–Trinajstić information content (AvgIpc) is 2.38. The molecule has 22 heavy (non-hydrogen) atoms. The monoisotopic (exact) mass is 315 g/mol. The van der Waals surface area contributed by atoms with E-state index in [4.69, 9.17) is 0 Å². The molecule has 1 aromatic rings. The van der Waals surface area contributed by atoms with Crippen molar-refractivity contribution < 1.29 is 17.9 Å². The van der Waals surface area contributed by atoms with Crippen LogP contribution in [0.2, 0.25) is 0 Å². The molecule has 0 spiro atoms. The van der Waals surface area contributed by atoms with Gasteiger partial charge in [0.2, 0.25) is 0 Å². The predicted octanol–water partition coefficient (Wildman–Crippen LogP) is 4.88. The number of ether oxygens (including phenoxy) is 1. The molecule has 0 heterocycles. The number of halogens is 3. The minimum atomic E-state index is -4.67.